The molecule has 1 heterocycles. The molecule has 20 heavy (non-hydrogen) atoms. The molecule has 1 unspecified atom stereocenters. The van der Waals surface area contributed by atoms with Crippen LogP contribution in [0.2, 0.25) is 0 Å². The Kier molecular flexibility index (Phi) is 4.14. The second-order valence-corrected chi connectivity index (χ2v) is 4.30. The highest BCUT2D eigenvalue weighted by atomic mass is 19.1. The van der Waals surface area contributed by atoms with E-state index in [1.807, 2.05) is 0 Å². The van der Waals surface area contributed by atoms with E-state index in [1.165, 1.54) is 19.1 Å². The molecule has 0 radical (unpaired) electrons. The molecule has 6 heteroatoms. The van der Waals surface area contributed by atoms with Crippen molar-refractivity contribution >= 4 is 5.91 Å². The number of carbonyl (C=O) groups excluding carboxylic acids is 1. The Bertz CT molecular complexity index is 605. The van der Waals surface area contributed by atoms with Gasteiger partial charge in [-0.25, -0.2) is 8.78 Å². The largest absolute Gasteiger partial charge is 0.455 e. The van der Waals surface area contributed by atoms with Gasteiger partial charge in [0.25, 0.3) is 5.91 Å². The summed E-state index contributed by atoms with van der Waals surface area (Å²) in [7, 11) is 0. The van der Waals surface area contributed by atoms with Gasteiger partial charge in [-0.3, -0.25) is 4.79 Å². The summed E-state index contributed by atoms with van der Waals surface area (Å²) in [5.41, 5.74) is 5.18. The number of halogens is 2. The molecule has 1 amide bonds. The second-order valence-electron chi connectivity index (χ2n) is 4.30. The maximum Gasteiger partial charge on any atom is 0.287 e. The van der Waals surface area contributed by atoms with Gasteiger partial charge < -0.3 is 15.5 Å². The molecule has 2 aromatic rings. The minimum absolute atomic E-state index is 0.0500. The predicted octanol–water partition coefficient (Wildman–Crippen LogP) is 2.51. The lowest BCUT2D eigenvalue weighted by Crippen LogP contribution is -2.27. The number of hydrogen-bond acceptors (Lipinski definition) is 3. The smallest absolute Gasteiger partial charge is 0.287 e. The average Bonchev–Trinajstić information content (AvgIpc) is 2.87. The van der Waals surface area contributed by atoms with E-state index in [2.05, 4.69) is 5.32 Å². The zero-order valence-corrected chi connectivity index (χ0v) is 10.8. The van der Waals surface area contributed by atoms with E-state index in [9.17, 15) is 13.6 Å². The van der Waals surface area contributed by atoms with Crippen LogP contribution >= 0.6 is 0 Å². The topological polar surface area (TPSA) is 68.3 Å². The van der Waals surface area contributed by atoms with Gasteiger partial charge in [-0.05, 0) is 31.2 Å². The number of nitrogens with one attached hydrogen (secondary N) is 1. The lowest BCUT2D eigenvalue weighted by atomic mass is 10.1. The van der Waals surface area contributed by atoms with Crippen molar-refractivity contribution in [2.45, 2.75) is 19.5 Å². The number of carbonyl (C=O) groups is 1. The third-order valence-electron chi connectivity index (χ3n) is 2.87. The minimum Gasteiger partial charge on any atom is -0.455 e. The SMILES string of the molecule is CC(NC(=O)c1ccc(CN)o1)c1c(F)cccc1F. The van der Waals surface area contributed by atoms with Crippen LogP contribution in [0.15, 0.2) is 34.7 Å². The maximum atomic E-state index is 13.6. The Balaban J connectivity index is 2.15. The van der Waals surface area contributed by atoms with E-state index in [0.29, 0.717) is 5.76 Å². The number of rotatable bonds is 4. The van der Waals surface area contributed by atoms with Gasteiger partial charge in [-0.2, -0.15) is 0 Å². The molecular weight excluding hydrogens is 266 g/mol. The van der Waals surface area contributed by atoms with Crippen molar-refractivity contribution in [3.63, 3.8) is 0 Å². The summed E-state index contributed by atoms with van der Waals surface area (Å²) in [4.78, 5) is 11.9. The molecule has 0 fully saturated rings. The fourth-order valence-corrected chi connectivity index (χ4v) is 1.87. The van der Waals surface area contributed by atoms with Crippen molar-refractivity contribution in [1.29, 1.82) is 0 Å². The monoisotopic (exact) mass is 280 g/mol. The van der Waals surface area contributed by atoms with Gasteiger partial charge in [-0.15, -0.1) is 0 Å². The molecule has 1 aromatic heterocycles. The van der Waals surface area contributed by atoms with Crippen LogP contribution in [0.5, 0.6) is 0 Å². The van der Waals surface area contributed by atoms with Crippen LogP contribution in [0.1, 0.15) is 34.8 Å². The fraction of sp³-hybridized carbons (Fsp3) is 0.214. The molecule has 0 saturated carbocycles. The van der Waals surface area contributed by atoms with Gasteiger partial charge in [0.15, 0.2) is 5.76 Å². The van der Waals surface area contributed by atoms with E-state index in [0.717, 1.165) is 12.1 Å². The molecule has 1 atom stereocenters. The van der Waals surface area contributed by atoms with Gasteiger partial charge in [0.05, 0.1) is 12.6 Å². The lowest BCUT2D eigenvalue weighted by molar-refractivity contribution is 0.0909. The first-order valence-electron chi connectivity index (χ1n) is 6.06. The molecule has 106 valence electrons. The van der Waals surface area contributed by atoms with E-state index in [-0.39, 0.29) is 17.9 Å². The molecule has 1 aromatic carbocycles. The van der Waals surface area contributed by atoms with Gasteiger partial charge in [0.1, 0.15) is 17.4 Å². The average molecular weight is 280 g/mol. The molecule has 0 aliphatic heterocycles. The summed E-state index contributed by atoms with van der Waals surface area (Å²) in [5.74, 6) is -1.46. The normalized spacial score (nSPS) is 12.2. The first-order valence-corrected chi connectivity index (χ1v) is 6.06. The van der Waals surface area contributed by atoms with Crippen molar-refractivity contribution < 1.29 is 18.0 Å². The van der Waals surface area contributed by atoms with E-state index in [4.69, 9.17) is 10.2 Å². The number of amides is 1. The van der Waals surface area contributed by atoms with E-state index in [1.54, 1.807) is 6.07 Å². The zero-order valence-electron chi connectivity index (χ0n) is 10.8. The maximum absolute atomic E-state index is 13.6. The highest BCUT2D eigenvalue weighted by Crippen LogP contribution is 2.20. The minimum atomic E-state index is -0.824. The molecule has 0 aliphatic rings. The number of nitrogens with two attached hydrogens (primary N) is 1. The first kappa shape index (κ1) is 14.2. The summed E-state index contributed by atoms with van der Waals surface area (Å²) in [6, 6.07) is 5.75. The third-order valence-corrected chi connectivity index (χ3v) is 2.87. The predicted molar refractivity (Wildman–Crippen MR) is 68.8 cm³/mol. The van der Waals surface area contributed by atoms with Crippen LogP contribution in [-0.4, -0.2) is 5.91 Å². The fourth-order valence-electron chi connectivity index (χ4n) is 1.87. The van der Waals surface area contributed by atoms with Crippen LogP contribution < -0.4 is 11.1 Å². The Morgan fingerprint density at radius 1 is 1.30 bits per heavy atom. The lowest BCUT2D eigenvalue weighted by Gasteiger charge is -2.14. The second kappa shape index (κ2) is 5.83. The van der Waals surface area contributed by atoms with Crippen molar-refractivity contribution in [1.82, 2.24) is 5.32 Å². The Morgan fingerprint density at radius 2 is 1.95 bits per heavy atom. The van der Waals surface area contributed by atoms with E-state index >= 15 is 0 Å². The molecule has 0 spiro atoms. The van der Waals surface area contributed by atoms with Gasteiger partial charge in [-0.1, -0.05) is 6.07 Å². The number of furan rings is 1. The van der Waals surface area contributed by atoms with Crippen LogP contribution in [0.3, 0.4) is 0 Å². The van der Waals surface area contributed by atoms with Crippen molar-refractivity contribution in [3.05, 3.63) is 59.1 Å². The first-order chi connectivity index (χ1) is 9.52. The zero-order chi connectivity index (χ0) is 14.7. The summed E-state index contributed by atoms with van der Waals surface area (Å²) >= 11 is 0. The van der Waals surface area contributed by atoms with Crippen LogP contribution in [0, 0.1) is 11.6 Å². The van der Waals surface area contributed by atoms with Gasteiger partial charge in [0, 0.05) is 5.56 Å². The third kappa shape index (κ3) is 2.85. The Morgan fingerprint density at radius 3 is 2.50 bits per heavy atom. The summed E-state index contributed by atoms with van der Waals surface area (Å²) in [6.45, 7) is 1.66. The number of benzene rings is 1. The highest BCUT2D eigenvalue weighted by Gasteiger charge is 2.20. The van der Waals surface area contributed by atoms with Crippen molar-refractivity contribution in [2.75, 3.05) is 0 Å². The molecule has 0 aliphatic carbocycles. The Hall–Kier alpha value is -2.21. The number of hydrogen-bond donors (Lipinski definition) is 2. The highest BCUT2D eigenvalue weighted by molar-refractivity contribution is 5.91. The molecule has 2 rings (SSSR count). The van der Waals surface area contributed by atoms with Crippen LogP contribution in [0.4, 0.5) is 8.78 Å². The summed E-state index contributed by atoms with van der Waals surface area (Å²) < 4.78 is 32.3. The summed E-state index contributed by atoms with van der Waals surface area (Å²) in [5, 5.41) is 2.48. The molecule has 4 nitrogen and oxygen atoms in total. The standard InChI is InChI=1S/C14H14F2N2O2/c1-8(13-10(15)3-2-4-11(13)16)18-14(19)12-6-5-9(7-17)20-12/h2-6,8H,7,17H2,1H3,(H,18,19). The van der Waals surface area contributed by atoms with E-state index < -0.39 is 23.6 Å². The van der Waals surface area contributed by atoms with Crippen LogP contribution in [0.25, 0.3) is 0 Å². The quantitative estimate of drug-likeness (QED) is 0.904. The van der Waals surface area contributed by atoms with Gasteiger partial charge >= 0.3 is 0 Å². The molecular formula is C14H14F2N2O2. The molecule has 0 saturated heterocycles. The molecule has 3 N–H and O–H groups in total. The Labute approximate surface area is 114 Å². The van der Waals surface area contributed by atoms with Gasteiger partial charge in [0.2, 0.25) is 0 Å². The van der Waals surface area contributed by atoms with Crippen molar-refractivity contribution in [2.24, 2.45) is 5.73 Å². The molecule has 0 bridgehead atoms. The summed E-state index contributed by atoms with van der Waals surface area (Å²) in [6.07, 6.45) is 0. The van der Waals surface area contributed by atoms with Crippen LogP contribution in [-0.2, 0) is 6.54 Å². The van der Waals surface area contributed by atoms with Crippen molar-refractivity contribution in [3.8, 4) is 0 Å².